The van der Waals surface area contributed by atoms with Gasteiger partial charge in [-0.2, -0.15) is 0 Å². The van der Waals surface area contributed by atoms with E-state index in [-0.39, 0.29) is 15.5 Å². The molecule has 0 atom stereocenters. The molecule has 2 aromatic carbocycles. The third-order valence-corrected chi connectivity index (χ3v) is 4.75. The van der Waals surface area contributed by atoms with Crippen LogP contribution in [0.2, 0.25) is 10.0 Å². The van der Waals surface area contributed by atoms with E-state index in [1.807, 2.05) is 0 Å². The molecule has 0 aliphatic heterocycles. The molecular weight excluding hydrogens is 389 g/mol. The van der Waals surface area contributed by atoms with E-state index in [1.165, 1.54) is 42.5 Å². The molecule has 0 saturated heterocycles. The summed E-state index contributed by atoms with van der Waals surface area (Å²) in [6, 6.07) is 10.1. The smallest absolute Gasteiger partial charge is 0.339 e. The van der Waals surface area contributed by atoms with Crippen molar-refractivity contribution in [2.24, 2.45) is 0 Å². The van der Waals surface area contributed by atoms with Gasteiger partial charge in [0.15, 0.2) is 16.4 Å². The van der Waals surface area contributed by atoms with Crippen LogP contribution >= 0.6 is 23.2 Å². The Bertz CT molecular complexity index is 928. The van der Waals surface area contributed by atoms with Crippen molar-refractivity contribution in [3.05, 3.63) is 58.1 Å². The molecule has 0 aliphatic carbocycles. The number of rotatable bonds is 5. The topological polar surface area (TPSA) is 89.5 Å². The molecule has 1 amide bonds. The zero-order valence-electron chi connectivity index (χ0n) is 13.0. The second-order valence-corrected chi connectivity index (χ2v) is 7.84. The lowest BCUT2D eigenvalue weighted by Crippen LogP contribution is -2.22. The highest BCUT2D eigenvalue weighted by Gasteiger charge is 2.20. The van der Waals surface area contributed by atoms with Crippen LogP contribution in [-0.2, 0) is 19.4 Å². The number of halogens is 2. The molecule has 1 N–H and O–H groups in total. The molecule has 132 valence electrons. The van der Waals surface area contributed by atoms with Crippen LogP contribution in [-0.4, -0.2) is 33.2 Å². The fraction of sp³-hybridized carbons (Fsp3) is 0.125. The number of carbonyl (C=O) groups is 2. The number of hydrogen-bond acceptors (Lipinski definition) is 5. The Morgan fingerprint density at radius 2 is 1.80 bits per heavy atom. The van der Waals surface area contributed by atoms with E-state index in [9.17, 15) is 18.0 Å². The lowest BCUT2D eigenvalue weighted by Gasteiger charge is -2.10. The van der Waals surface area contributed by atoms with Crippen LogP contribution in [0.25, 0.3) is 0 Å². The number of esters is 1. The molecule has 6 nitrogen and oxygen atoms in total. The number of carbonyl (C=O) groups excluding carboxylic acids is 2. The van der Waals surface area contributed by atoms with Crippen molar-refractivity contribution < 1.29 is 22.7 Å². The number of anilines is 1. The molecule has 0 heterocycles. The Hall–Kier alpha value is -2.09. The SMILES string of the molecule is CS(=O)(=O)c1ccccc1C(=O)OCC(=O)Nc1ccc(Cl)cc1Cl. The average Bonchev–Trinajstić information content (AvgIpc) is 2.54. The van der Waals surface area contributed by atoms with E-state index in [1.54, 1.807) is 0 Å². The lowest BCUT2D eigenvalue weighted by molar-refractivity contribution is -0.119. The summed E-state index contributed by atoms with van der Waals surface area (Å²) in [5, 5.41) is 3.10. The Morgan fingerprint density at radius 1 is 1.12 bits per heavy atom. The second-order valence-electron chi connectivity index (χ2n) is 5.02. The molecule has 2 rings (SSSR count). The molecule has 0 radical (unpaired) electrons. The van der Waals surface area contributed by atoms with Gasteiger partial charge in [0.05, 0.1) is 21.2 Å². The van der Waals surface area contributed by atoms with Crippen molar-refractivity contribution >= 4 is 50.6 Å². The van der Waals surface area contributed by atoms with Gasteiger partial charge in [-0.15, -0.1) is 0 Å². The van der Waals surface area contributed by atoms with Gasteiger partial charge in [0.1, 0.15) is 0 Å². The predicted octanol–water partition coefficient (Wildman–Crippen LogP) is 3.19. The van der Waals surface area contributed by atoms with Gasteiger partial charge in [-0.3, -0.25) is 4.79 Å². The first-order valence-electron chi connectivity index (χ1n) is 6.89. The van der Waals surface area contributed by atoms with Crippen LogP contribution in [0.15, 0.2) is 47.4 Å². The molecule has 2 aromatic rings. The molecule has 25 heavy (non-hydrogen) atoms. The number of hydrogen-bond donors (Lipinski definition) is 1. The summed E-state index contributed by atoms with van der Waals surface area (Å²) >= 11 is 11.7. The normalized spacial score (nSPS) is 11.0. The van der Waals surface area contributed by atoms with Crippen molar-refractivity contribution in [1.82, 2.24) is 0 Å². The highest BCUT2D eigenvalue weighted by Crippen LogP contribution is 2.25. The molecular formula is C16H13Cl2NO5S. The van der Waals surface area contributed by atoms with Gasteiger partial charge in [0.2, 0.25) is 0 Å². The van der Waals surface area contributed by atoms with E-state index in [0.717, 1.165) is 6.26 Å². The van der Waals surface area contributed by atoms with Crippen LogP contribution in [0.1, 0.15) is 10.4 Å². The quantitative estimate of drug-likeness (QED) is 0.776. The number of nitrogens with one attached hydrogen (secondary N) is 1. The van der Waals surface area contributed by atoms with E-state index >= 15 is 0 Å². The van der Waals surface area contributed by atoms with E-state index in [4.69, 9.17) is 27.9 Å². The minimum atomic E-state index is -3.61. The van der Waals surface area contributed by atoms with Gasteiger partial charge in [-0.05, 0) is 30.3 Å². The van der Waals surface area contributed by atoms with Crippen molar-refractivity contribution in [1.29, 1.82) is 0 Å². The summed E-state index contributed by atoms with van der Waals surface area (Å²) in [6.45, 7) is -0.601. The van der Waals surface area contributed by atoms with Gasteiger partial charge in [-0.25, -0.2) is 13.2 Å². The molecule has 0 saturated carbocycles. The van der Waals surface area contributed by atoms with E-state index in [0.29, 0.717) is 10.7 Å². The third kappa shape index (κ3) is 5.19. The number of sulfone groups is 1. The maximum atomic E-state index is 12.1. The fourth-order valence-corrected chi connectivity index (χ4v) is 3.28. The Morgan fingerprint density at radius 3 is 2.44 bits per heavy atom. The second kappa shape index (κ2) is 7.86. The first-order chi connectivity index (χ1) is 11.7. The first-order valence-corrected chi connectivity index (χ1v) is 9.54. The Balaban J connectivity index is 2.04. The van der Waals surface area contributed by atoms with Crippen LogP contribution in [0.3, 0.4) is 0 Å². The number of ether oxygens (including phenoxy) is 1. The van der Waals surface area contributed by atoms with E-state index in [2.05, 4.69) is 5.32 Å². The van der Waals surface area contributed by atoms with Crippen LogP contribution < -0.4 is 5.32 Å². The Labute approximate surface area is 154 Å². The summed E-state index contributed by atoms with van der Waals surface area (Å²) in [7, 11) is -3.61. The monoisotopic (exact) mass is 401 g/mol. The maximum absolute atomic E-state index is 12.1. The highest BCUT2D eigenvalue weighted by molar-refractivity contribution is 7.90. The largest absolute Gasteiger partial charge is 0.452 e. The summed E-state index contributed by atoms with van der Waals surface area (Å²) in [6.07, 6.45) is 0.981. The molecule has 0 fully saturated rings. The molecule has 0 aromatic heterocycles. The van der Waals surface area contributed by atoms with Crippen molar-refractivity contribution in [3.8, 4) is 0 Å². The van der Waals surface area contributed by atoms with Crippen molar-refractivity contribution in [3.63, 3.8) is 0 Å². The van der Waals surface area contributed by atoms with E-state index < -0.39 is 28.3 Å². The predicted molar refractivity (Wildman–Crippen MR) is 94.9 cm³/mol. The Kier molecular flexibility index (Phi) is 6.05. The summed E-state index contributed by atoms with van der Waals surface area (Å²) in [5.41, 5.74) is 0.172. The van der Waals surface area contributed by atoms with Crippen LogP contribution in [0, 0.1) is 0 Å². The van der Waals surface area contributed by atoms with Gasteiger partial charge < -0.3 is 10.1 Å². The lowest BCUT2D eigenvalue weighted by atomic mass is 10.2. The third-order valence-electron chi connectivity index (χ3n) is 3.05. The number of benzene rings is 2. The summed E-state index contributed by atoms with van der Waals surface area (Å²) in [5.74, 6) is -1.55. The summed E-state index contributed by atoms with van der Waals surface area (Å²) < 4.78 is 28.3. The van der Waals surface area contributed by atoms with Crippen molar-refractivity contribution in [2.45, 2.75) is 4.90 Å². The first kappa shape index (κ1) is 19.2. The van der Waals surface area contributed by atoms with Crippen molar-refractivity contribution in [2.75, 3.05) is 18.2 Å². The highest BCUT2D eigenvalue weighted by atomic mass is 35.5. The molecule has 0 aliphatic rings. The molecule has 0 bridgehead atoms. The zero-order valence-corrected chi connectivity index (χ0v) is 15.3. The minimum Gasteiger partial charge on any atom is -0.452 e. The molecule has 9 heteroatoms. The average molecular weight is 402 g/mol. The van der Waals surface area contributed by atoms with Gasteiger partial charge in [-0.1, -0.05) is 35.3 Å². The standard InChI is InChI=1S/C16H13Cl2NO5S/c1-25(22,23)14-5-3-2-4-11(14)16(21)24-9-15(20)19-13-7-6-10(17)8-12(13)18/h2-8H,9H2,1H3,(H,19,20). The summed E-state index contributed by atoms with van der Waals surface area (Å²) in [4.78, 5) is 23.8. The molecule has 0 spiro atoms. The van der Waals surface area contributed by atoms with Gasteiger partial charge in [0, 0.05) is 11.3 Å². The van der Waals surface area contributed by atoms with Gasteiger partial charge in [0.25, 0.3) is 5.91 Å². The number of amides is 1. The fourth-order valence-electron chi connectivity index (χ4n) is 1.94. The zero-order chi connectivity index (χ0) is 18.6. The maximum Gasteiger partial charge on any atom is 0.339 e. The minimum absolute atomic E-state index is 0.137. The molecule has 0 unspecified atom stereocenters. The van der Waals surface area contributed by atoms with Crippen LogP contribution in [0.5, 0.6) is 0 Å². The van der Waals surface area contributed by atoms with Crippen LogP contribution in [0.4, 0.5) is 5.69 Å². The van der Waals surface area contributed by atoms with Gasteiger partial charge >= 0.3 is 5.97 Å².